The highest BCUT2D eigenvalue weighted by atomic mass is 127. The van der Waals surface area contributed by atoms with Crippen molar-refractivity contribution in [2.75, 3.05) is 5.32 Å². The first-order valence-electron chi connectivity index (χ1n) is 4.92. The highest BCUT2D eigenvalue weighted by molar-refractivity contribution is 14.1. The van der Waals surface area contributed by atoms with E-state index in [-0.39, 0.29) is 11.7 Å². The van der Waals surface area contributed by atoms with Gasteiger partial charge < -0.3 is 10.4 Å². The summed E-state index contributed by atoms with van der Waals surface area (Å²) in [6.07, 6.45) is 0. The standard InChI is InChI=1S/C12H10INO2S/c1-7-9(3-2-4-10(7)15)14-12(16)8-5-11(13)17-6-8/h2-6,15H,1H3,(H,14,16). The van der Waals surface area contributed by atoms with Gasteiger partial charge >= 0.3 is 0 Å². The molecule has 2 rings (SSSR count). The van der Waals surface area contributed by atoms with Gasteiger partial charge in [0, 0.05) is 16.6 Å². The number of phenolic OH excluding ortho intramolecular Hbond substituents is 1. The summed E-state index contributed by atoms with van der Waals surface area (Å²) in [4.78, 5) is 11.9. The van der Waals surface area contributed by atoms with Crippen LogP contribution in [0.15, 0.2) is 29.6 Å². The van der Waals surface area contributed by atoms with E-state index in [1.54, 1.807) is 25.1 Å². The number of nitrogens with one attached hydrogen (secondary N) is 1. The Morgan fingerprint density at radius 2 is 2.24 bits per heavy atom. The Labute approximate surface area is 117 Å². The second-order valence-electron chi connectivity index (χ2n) is 3.54. The molecule has 0 atom stereocenters. The smallest absolute Gasteiger partial charge is 0.256 e. The Morgan fingerprint density at radius 1 is 1.47 bits per heavy atom. The Morgan fingerprint density at radius 3 is 2.88 bits per heavy atom. The Hall–Kier alpha value is -1.08. The fourth-order valence-corrected chi connectivity index (χ4v) is 2.71. The average molecular weight is 359 g/mol. The van der Waals surface area contributed by atoms with Crippen LogP contribution in [0.1, 0.15) is 15.9 Å². The maximum Gasteiger partial charge on any atom is 0.256 e. The Balaban J connectivity index is 2.21. The largest absolute Gasteiger partial charge is 0.508 e. The molecule has 1 amide bonds. The van der Waals surface area contributed by atoms with Crippen molar-refractivity contribution in [1.29, 1.82) is 0 Å². The van der Waals surface area contributed by atoms with E-state index >= 15 is 0 Å². The van der Waals surface area contributed by atoms with Gasteiger partial charge in [-0.3, -0.25) is 4.79 Å². The molecule has 0 aliphatic heterocycles. The molecule has 0 spiro atoms. The number of phenols is 1. The second-order valence-corrected chi connectivity index (χ2v) is 6.35. The molecule has 0 saturated carbocycles. The summed E-state index contributed by atoms with van der Waals surface area (Å²) in [6.45, 7) is 1.77. The van der Waals surface area contributed by atoms with E-state index in [9.17, 15) is 9.90 Å². The van der Waals surface area contributed by atoms with Crippen LogP contribution in [0.5, 0.6) is 5.75 Å². The number of carbonyl (C=O) groups excluding carboxylic acids is 1. The van der Waals surface area contributed by atoms with Gasteiger partial charge in [0.05, 0.1) is 8.45 Å². The van der Waals surface area contributed by atoms with Crippen LogP contribution in [0.4, 0.5) is 5.69 Å². The quantitative estimate of drug-likeness (QED) is 0.805. The molecule has 17 heavy (non-hydrogen) atoms. The van der Waals surface area contributed by atoms with Crippen LogP contribution in [-0.4, -0.2) is 11.0 Å². The lowest BCUT2D eigenvalue weighted by molar-refractivity contribution is 0.102. The Bertz CT molecular complexity index is 565. The van der Waals surface area contributed by atoms with Crippen molar-refractivity contribution in [3.05, 3.63) is 43.7 Å². The lowest BCUT2D eigenvalue weighted by Crippen LogP contribution is -2.11. The zero-order chi connectivity index (χ0) is 12.4. The molecular formula is C12H10INO2S. The van der Waals surface area contributed by atoms with Crippen LogP contribution >= 0.6 is 33.9 Å². The number of anilines is 1. The predicted molar refractivity (Wildman–Crippen MR) is 77.8 cm³/mol. The van der Waals surface area contributed by atoms with Gasteiger partial charge in [0.1, 0.15) is 5.75 Å². The molecule has 1 aromatic heterocycles. The molecule has 1 heterocycles. The van der Waals surface area contributed by atoms with E-state index in [1.165, 1.54) is 11.3 Å². The van der Waals surface area contributed by atoms with Crippen molar-refractivity contribution in [2.24, 2.45) is 0 Å². The number of rotatable bonds is 2. The Kier molecular flexibility index (Phi) is 3.68. The van der Waals surface area contributed by atoms with Crippen molar-refractivity contribution >= 4 is 45.5 Å². The van der Waals surface area contributed by atoms with Gasteiger partial charge in [0.25, 0.3) is 5.91 Å². The SMILES string of the molecule is Cc1c(O)cccc1NC(=O)c1csc(I)c1. The molecule has 0 fully saturated rings. The molecule has 0 saturated heterocycles. The van der Waals surface area contributed by atoms with Gasteiger partial charge in [-0.1, -0.05) is 6.07 Å². The number of halogens is 1. The monoisotopic (exact) mass is 359 g/mol. The number of benzene rings is 1. The first-order valence-corrected chi connectivity index (χ1v) is 6.87. The van der Waals surface area contributed by atoms with Crippen molar-refractivity contribution in [2.45, 2.75) is 6.92 Å². The fourth-order valence-electron chi connectivity index (χ4n) is 1.38. The van der Waals surface area contributed by atoms with Gasteiger partial charge in [-0.15, -0.1) is 11.3 Å². The van der Waals surface area contributed by atoms with Crippen molar-refractivity contribution in [3.8, 4) is 5.75 Å². The van der Waals surface area contributed by atoms with Crippen molar-refractivity contribution < 1.29 is 9.90 Å². The van der Waals surface area contributed by atoms with E-state index in [0.717, 1.165) is 2.88 Å². The summed E-state index contributed by atoms with van der Waals surface area (Å²) in [5.41, 5.74) is 1.95. The van der Waals surface area contributed by atoms with Crippen LogP contribution in [0.25, 0.3) is 0 Å². The van der Waals surface area contributed by atoms with E-state index < -0.39 is 0 Å². The van der Waals surface area contributed by atoms with Crippen LogP contribution in [-0.2, 0) is 0 Å². The second kappa shape index (κ2) is 5.05. The number of aromatic hydroxyl groups is 1. The third kappa shape index (κ3) is 2.78. The van der Waals surface area contributed by atoms with Crippen LogP contribution in [0.2, 0.25) is 0 Å². The molecule has 3 nitrogen and oxygen atoms in total. The summed E-state index contributed by atoms with van der Waals surface area (Å²) in [7, 11) is 0. The van der Waals surface area contributed by atoms with E-state index in [1.807, 2.05) is 11.4 Å². The normalized spacial score (nSPS) is 10.2. The first kappa shape index (κ1) is 12.4. The molecule has 0 bridgehead atoms. The third-order valence-electron chi connectivity index (χ3n) is 2.38. The molecule has 88 valence electrons. The number of carbonyl (C=O) groups is 1. The summed E-state index contributed by atoms with van der Waals surface area (Å²) in [6, 6.07) is 6.90. The van der Waals surface area contributed by atoms with E-state index in [2.05, 4.69) is 27.9 Å². The topological polar surface area (TPSA) is 49.3 Å². The summed E-state index contributed by atoms with van der Waals surface area (Å²) in [5.74, 6) is 0.0283. The molecule has 2 aromatic rings. The van der Waals surface area contributed by atoms with E-state index in [4.69, 9.17) is 0 Å². The molecule has 5 heteroatoms. The van der Waals surface area contributed by atoms with Gasteiger partial charge in [-0.05, 0) is 47.7 Å². The number of hydrogen-bond acceptors (Lipinski definition) is 3. The van der Waals surface area contributed by atoms with Gasteiger partial charge in [0.2, 0.25) is 0 Å². The zero-order valence-corrected chi connectivity index (χ0v) is 12.0. The number of hydrogen-bond donors (Lipinski definition) is 2. The van der Waals surface area contributed by atoms with Crippen molar-refractivity contribution in [1.82, 2.24) is 0 Å². The maximum atomic E-state index is 11.9. The number of thiophene rings is 1. The highest BCUT2D eigenvalue weighted by Crippen LogP contribution is 2.25. The summed E-state index contributed by atoms with van der Waals surface area (Å²) >= 11 is 3.70. The lowest BCUT2D eigenvalue weighted by atomic mass is 10.1. The molecule has 0 aliphatic carbocycles. The third-order valence-corrected chi connectivity index (χ3v) is 4.17. The molecule has 2 N–H and O–H groups in total. The molecule has 1 aromatic carbocycles. The van der Waals surface area contributed by atoms with Crippen LogP contribution < -0.4 is 5.32 Å². The average Bonchev–Trinajstić information content (AvgIpc) is 2.72. The first-order chi connectivity index (χ1) is 8.08. The molecule has 0 radical (unpaired) electrons. The molecule has 0 unspecified atom stereocenters. The summed E-state index contributed by atoms with van der Waals surface area (Å²) in [5, 5.41) is 14.1. The molecular weight excluding hydrogens is 349 g/mol. The highest BCUT2D eigenvalue weighted by Gasteiger charge is 2.10. The van der Waals surface area contributed by atoms with Gasteiger partial charge in [-0.2, -0.15) is 0 Å². The minimum Gasteiger partial charge on any atom is -0.508 e. The van der Waals surface area contributed by atoms with E-state index in [0.29, 0.717) is 16.8 Å². The minimum absolute atomic E-state index is 0.155. The molecule has 0 aliphatic rings. The van der Waals surface area contributed by atoms with Crippen LogP contribution in [0.3, 0.4) is 0 Å². The van der Waals surface area contributed by atoms with Gasteiger partial charge in [-0.25, -0.2) is 0 Å². The maximum absolute atomic E-state index is 11.9. The zero-order valence-electron chi connectivity index (χ0n) is 9.03. The predicted octanol–water partition coefficient (Wildman–Crippen LogP) is 3.62. The lowest BCUT2D eigenvalue weighted by Gasteiger charge is -2.08. The fraction of sp³-hybridized carbons (Fsp3) is 0.0833. The number of amides is 1. The minimum atomic E-state index is -0.155. The van der Waals surface area contributed by atoms with Crippen molar-refractivity contribution in [3.63, 3.8) is 0 Å². The summed E-state index contributed by atoms with van der Waals surface area (Å²) < 4.78 is 1.07. The van der Waals surface area contributed by atoms with Crippen LogP contribution in [0, 0.1) is 9.81 Å². The van der Waals surface area contributed by atoms with Gasteiger partial charge in [0.15, 0.2) is 0 Å².